The van der Waals surface area contributed by atoms with E-state index in [-0.39, 0.29) is 6.61 Å². The molecule has 0 amide bonds. The summed E-state index contributed by atoms with van der Waals surface area (Å²) in [5, 5.41) is 10.6. The van der Waals surface area contributed by atoms with Crippen molar-refractivity contribution in [3.05, 3.63) is 34.9 Å². The van der Waals surface area contributed by atoms with E-state index in [1.165, 1.54) is 16.7 Å². The predicted molar refractivity (Wildman–Crippen MR) is 54.5 cm³/mol. The molecule has 0 atom stereocenters. The maximum absolute atomic E-state index is 10.6. The summed E-state index contributed by atoms with van der Waals surface area (Å²) in [6.45, 7) is 4.29. The molecule has 0 aliphatic carbocycles. The lowest BCUT2D eigenvalue weighted by Crippen LogP contribution is -2.00. The van der Waals surface area contributed by atoms with Gasteiger partial charge in [0.2, 0.25) is 0 Å². The minimum Gasteiger partial charge on any atom is -0.236 e. The SMILES string of the molecule is CCc1cccc(CC)c1CC[O]. The van der Waals surface area contributed by atoms with E-state index in [9.17, 15) is 5.11 Å². The summed E-state index contributed by atoms with van der Waals surface area (Å²) in [7, 11) is 0. The van der Waals surface area contributed by atoms with Gasteiger partial charge in [-0.05, 0) is 36.0 Å². The molecule has 0 saturated carbocycles. The third-order valence-corrected chi connectivity index (χ3v) is 2.48. The van der Waals surface area contributed by atoms with Crippen molar-refractivity contribution in [2.45, 2.75) is 33.1 Å². The molecule has 0 fully saturated rings. The fourth-order valence-electron chi connectivity index (χ4n) is 1.77. The van der Waals surface area contributed by atoms with E-state index in [0.717, 1.165) is 12.8 Å². The van der Waals surface area contributed by atoms with E-state index in [0.29, 0.717) is 6.42 Å². The Kier molecular flexibility index (Phi) is 3.97. The molecule has 1 radical (unpaired) electrons. The molecule has 0 spiro atoms. The summed E-state index contributed by atoms with van der Waals surface area (Å²) < 4.78 is 0. The van der Waals surface area contributed by atoms with Gasteiger partial charge in [-0.3, -0.25) is 0 Å². The van der Waals surface area contributed by atoms with Crippen molar-refractivity contribution in [3.63, 3.8) is 0 Å². The molecule has 0 N–H and O–H groups in total. The van der Waals surface area contributed by atoms with Gasteiger partial charge in [-0.15, -0.1) is 0 Å². The van der Waals surface area contributed by atoms with Gasteiger partial charge < -0.3 is 0 Å². The first-order valence-electron chi connectivity index (χ1n) is 5.01. The van der Waals surface area contributed by atoms with Crippen molar-refractivity contribution in [2.24, 2.45) is 0 Å². The number of rotatable bonds is 4. The molecule has 1 aromatic carbocycles. The van der Waals surface area contributed by atoms with Crippen LogP contribution in [-0.2, 0) is 24.4 Å². The zero-order valence-corrected chi connectivity index (χ0v) is 8.47. The molecule has 1 heteroatoms. The normalized spacial score (nSPS) is 10.4. The van der Waals surface area contributed by atoms with Gasteiger partial charge >= 0.3 is 0 Å². The molecular weight excluding hydrogens is 160 g/mol. The van der Waals surface area contributed by atoms with Crippen LogP contribution in [0.3, 0.4) is 0 Å². The molecular formula is C12H17O. The monoisotopic (exact) mass is 177 g/mol. The van der Waals surface area contributed by atoms with Crippen molar-refractivity contribution in [3.8, 4) is 0 Å². The average Bonchev–Trinajstić information content (AvgIpc) is 2.18. The number of hydrogen-bond acceptors (Lipinski definition) is 0. The number of aryl methyl sites for hydroxylation is 2. The molecule has 0 aliphatic rings. The Morgan fingerprint density at radius 3 is 2.00 bits per heavy atom. The van der Waals surface area contributed by atoms with Gasteiger partial charge in [-0.1, -0.05) is 32.0 Å². The van der Waals surface area contributed by atoms with Crippen LogP contribution in [0.1, 0.15) is 30.5 Å². The highest BCUT2D eigenvalue weighted by Gasteiger charge is 2.04. The van der Waals surface area contributed by atoms with Crippen LogP contribution >= 0.6 is 0 Å². The zero-order valence-electron chi connectivity index (χ0n) is 8.47. The van der Waals surface area contributed by atoms with Crippen molar-refractivity contribution in [2.75, 3.05) is 6.61 Å². The smallest absolute Gasteiger partial charge is 0.0862 e. The Bertz CT molecular complexity index is 244. The second-order valence-corrected chi connectivity index (χ2v) is 3.22. The fourth-order valence-corrected chi connectivity index (χ4v) is 1.77. The third-order valence-electron chi connectivity index (χ3n) is 2.48. The lowest BCUT2D eigenvalue weighted by Gasteiger charge is -2.10. The molecule has 1 aromatic rings. The van der Waals surface area contributed by atoms with Gasteiger partial charge in [0.25, 0.3) is 0 Å². The molecule has 71 valence electrons. The molecule has 1 nitrogen and oxygen atoms in total. The molecule has 0 bridgehead atoms. The third kappa shape index (κ3) is 2.31. The Morgan fingerprint density at radius 2 is 1.62 bits per heavy atom. The average molecular weight is 177 g/mol. The van der Waals surface area contributed by atoms with Crippen LogP contribution in [0.15, 0.2) is 18.2 Å². The van der Waals surface area contributed by atoms with E-state index in [1.807, 2.05) is 0 Å². The highest BCUT2D eigenvalue weighted by atomic mass is 16.2. The van der Waals surface area contributed by atoms with Crippen molar-refractivity contribution in [1.29, 1.82) is 0 Å². The van der Waals surface area contributed by atoms with Crippen molar-refractivity contribution < 1.29 is 5.11 Å². The van der Waals surface area contributed by atoms with Gasteiger partial charge in [0.15, 0.2) is 0 Å². The highest BCUT2D eigenvalue weighted by molar-refractivity contribution is 5.35. The van der Waals surface area contributed by atoms with Crippen LogP contribution in [0, 0.1) is 0 Å². The van der Waals surface area contributed by atoms with Crippen LogP contribution in [0.25, 0.3) is 0 Å². The molecule has 1 rings (SSSR count). The minimum absolute atomic E-state index is 0.00398. The Balaban J connectivity index is 3.05. The summed E-state index contributed by atoms with van der Waals surface area (Å²) in [5.41, 5.74) is 3.98. The molecule has 0 saturated heterocycles. The lowest BCUT2D eigenvalue weighted by molar-refractivity contribution is 0.197. The zero-order chi connectivity index (χ0) is 9.68. The van der Waals surface area contributed by atoms with E-state index < -0.39 is 0 Å². The first-order chi connectivity index (χ1) is 6.33. The van der Waals surface area contributed by atoms with Crippen LogP contribution in [0.2, 0.25) is 0 Å². The summed E-state index contributed by atoms with van der Waals surface area (Å²) in [4.78, 5) is 0. The van der Waals surface area contributed by atoms with Gasteiger partial charge in [0, 0.05) is 0 Å². The van der Waals surface area contributed by atoms with Crippen molar-refractivity contribution in [1.82, 2.24) is 0 Å². The maximum atomic E-state index is 10.6. The Hall–Kier alpha value is -0.820. The second-order valence-electron chi connectivity index (χ2n) is 3.22. The van der Waals surface area contributed by atoms with Gasteiger partial charge in [0.05, 0.1) is 6.61 Å². The second kappa shape index (κ2) is 5.03. The largest absolute Gasteiger partial charge is 0.236 e. The Labute approximate surface area is 80.4 Å². The minimum atomic E-state index is 0.00398. The number of benzene rings is 1. The topological polar surface area (TPSA) is 19.9 Å². The van der Waals surface area contributed by atoms with E-state index in [1.54, 1.807) is 0 Å². The quantitative estimate of drug-likeness (QED) is 0.674. The van der Waals surface area contributed by atoms with Gasteiger partial charge in [-0.2, -0.15) is 0 Å². The standard InChI is InChI=1S/C12H17O/c1-3-10-6-5-7-11(4-2)12(10)8-9-13/h5-7H,3-4,8-9H2,1-2H3. The molecule has 0 unspecified atom stereocenters. The summed E-state index contributed by atoms with van der Waals surface area (Å²) in [5.74, 6) is 0. The predicted octanol–water partition coefficient (Wildman–Crippen LogP) is 2.78. The number of hydrogen-bond donors (Lipinski definition) is 0. The summed E-state index contributed by atoms with van der Waals surface area (Å²) in [6, 6.07) is 6.35. The van der Waals surface area contributed by atoms with E-state index in [4.69, 9.17) is 0 Å². The van der Waals surface area contributed by atoms with E-state index in [2.05, 4.69) is 32.0 Å². The summed E-state index contributed by atoms with van der Waals surface area (Å²) >= 11 is 0. The van der Waals surface area contributed by atoms with Gasteiger partial charge in [-0.25, -0.2) is 5.11 Å². The van der Waals surface area contributed by atoms with Crippen LogP contribution < -0.4 is 0 Å². The highest BCUT2D eigenvalue weighted by Crippen LogP contribution is 2.16. The Morgan fingerprint density at radius 1 is 1.08 bits per heavy atom. The first-order valence-corrected chi connectivity index (χ1v) is 5.01. The van der Waals surface area contributed by atoms with Crippen LogP contribution in [0.4, 0.5) is 0 Å². The van der Waals surface area contributed by atoms with Crippen molar-refractivity contribution >= 4 is 0 Å². The molecule has 0 aromatic heterocycles. The van der Waals surface area contributed by atoms with Crippen LogP contribution in [-0.4, -0.2) is 6.61 Å². The molecule has 0 aliphatic heterocycles. The lowest BCUT2D eigenvalue weighted by atomic mass is 9.95. The molecule has 13 heavy (non-hydrogen) atoms. The summed E-state index contributed by atoms with van der Waals surface area (Å²) in [6.07, 6.45) is 2.75. The fraction of sp³-hybridized carbons (Fsp3) is 0.500. The van der Waals surface area contributed by atoms with Crippen LogP contribution in [0.5, 0.6) is 0 Å². The first kappa shape index (κ1) is 10.3. The maximum Gasteiger partial charge on any atom is 0.0862 e. The molecule has 0 heterocycles. The van der Waals surface area contributed by atoms with Gasteiger partial charge in [0.1, 0.15) is 0 Å². The van der Waals surface area contributed by atoms with E-state index >= 15 is 0 Å².